The summed E-state index contributed by atoms with van der Waals surface area (Å²) < 4.78 is 10.5. The molecule has 1 aliphatic rings. The molecule has 0 unspecified atom stereocenters. The van der Waals surface area contributed by atoms with Crippen molar-refractivity contribution in [2.45, 2.75) is 19.8 Å². The Labute approximate surface area is 153 Å². The minimum Gasteiger partial charge on any atom is -0.497 e. The maximum Gasteiger partial charge on any atom is 0.275 e. The van der Waals surface area contributed by atoms with Crippen molar-refractivity contribution >= 4 is 17.8 Å². The van der Waals surface area contributed by atoms with Gasteiger partial charge in [-0.25, -0.2) is 4.99 Å². The molecule has 0 aromatic heterocycles. The number of amidine groups is 1. The van der Waals surface area contributed by atoms with E-state index in [0.717, 1.165) is 11.1 Å². The van der Waals surface area contributed by atoms with Crippen molar-refractivity contribution in [1.29, 1.82) is 0 Å². The van der Waals surface area contributed by atoms with E-state index >= 15 is 0 Å². The molecule has 0 spiro atoms. The number of rotatable bonds is 5. The maximum atomic E-state index is 12.3. The molecule has 1 amide bonds. The van der Waals surface area contributed by atoms with Gasteiger partial charge in [0, 0.05) is 11.6 Å². The van der Waals surface area contributed by atoms with Gasteiger partial charge in [0.1, 0.15) is 23.0 Å². The number of benzene rings is 2. The lowest BCUT2D eigenvalue weighted by Crippen LogP contribution is -2.24. The van der Waals surface area contributed by atoms with Gasteiger partial charge in [0.25, 0.3) is 5.91 Å². The minimum absolute atomic E-state index is 0.227. The van der Waals surface area contributed by atoms with Crippen LogP contribution in [-0.2, 0) is 4.79 Å². The van der Waals surface area contributed by atoms with Crippen LogP contribution < -0.4 is 14.8 Å². The van der Waals surface area contributed by atoms with Crippen molar-refractivity contribution in [3.63, 3.8) is 0 Å². The molecule has 3 rings (SSSR count). The van der Waals surface area contributed by atoms with Crippen molar-refractivity contribution < 1.29 is 14.3 Å². The van der Waals surface area contributed by atoms with E-state index in [1.165, 1.54) is 5.56 Å². The fraction of sp³-hybridized carbons (Fsp3) is 0.238. The van der Waals surface area contributed by atoms with Crippen molar-refractivity contribution in [3.8, 4) is 11.5 Å². The zero-order chi connectivity index (χ0) is 18.7. The molecule has 134 valence electrons. The topological polar surface area (TPSA) is 59.9 Å². The number of nitrogens with one attached hydrogen (secondary N) is 1. The highest BCUT2D eigenvalue weighted by molar-refractivity contribution is 6.20. The van der Waals surface area contributed by atoms with Crippen LogP contribution in [-0.4, -0.2) is 26.0 Å². The Bertz CT molecular complexity index is 858. The lowest BCUT2D eigenvalue weighted by molar-refractivity contribution is -0.115. The summed E-state index contributed by atoms with van der Waals surface area (Å²) in [5.74, 6) is 2.00. The molecule has 1 N–H and O–H groups in total. The van der Waals surface area contributed by atoms with E-state index in [4.69, 9.17) is 9.47 Å². The molecule has 0 saturated heterocycles. The molecule has 1 heterocycles. The van der Waals surface area contributed by atoms with Gasteiger partial charge in [-0.3, -0.25) is 4.79 Å². The third kappa shape index (κ3) is 3.77. The van der Waals surface area contributed by atoms with Crippen LogP contribution in [0.3, 0.4) is 0 Å². The molecule has 0 atom stereocenters. The SMILES string of the molecule is COc1cc(OC)cc(C2=N/C(=C/c3ccc(C(C)C)cc3)C(=O)N2)c1. The van der Waals surface area contributed by atoms with Gasteiger partial charge in [-0.05, 0) is 35.3 Å². The summed E-state index contributed by atoms with van der Waals surface area (Å²) in [6.45, 7) is 4.30. The van der Waals surface area contributed by atoms with Crippen LogP contribution in [0, 0.1) is 0 Å². The Hall–Kier alpha value is -3.08. The van der Waals surface area contributed by atoms with Crippen LogP contribution in [0.15, 0.2) is 53.2 Å². The molecule has 2 aromatic rings. The Morgan fingerprint density at radius 2 is 1.62 bits per heavy atom. The Kier molecular flexibility index (Phi) is 5.07. The molecule has 26 heavy (non-hydrogen) atoms. The number of ether oxygens (including phenoxy) is 2. The first-order chi connectivity index (χ1) is 12.5. The molecule has 5 nitrogen and oxygen atoms in total. The molecule has 0 bridgehead atoms. The lowest BCUT2D eigenvalue weighted by atomic mass is 10.0. The second-order valence-electron chi connectivity index (χ2n) is 6.37. The predicted molar refractivity (Wildman–Crippen MR) is 103 cm³/mol. The molecule has 0 fully saturated rings. The number of carbonyl (C=O) groups is 1. The van der Waals surface area contributed by atoms with Crippen molar-refractivity contribution in [2.24, 2.45) is 4.99 Å². The second kappa shape index (κ2) is 7.44. The van der Waals surface area contributed by atoms with E-state index in [2.05, 4.69) is 36.3 Å². The van der Waals surface area contributed by atoms with Gasteiger partial charge in [-0.15, -0.1) is 0 Å². The normalized spacial score (nSPS) is 15.2. The van der Waals surface area contributed by atoms with Crippen LogP contribution in [0.1, 0.15) is 36.5 Å². The van der Waals surface area contributed by atoms with Gasteiger partial charge in [-0.2, -0.15) is 0 Å². The van der Waals surface area contributed by atoms with Crippen LogP contribution in [0.4, 0.5) is 0 Å². The van der Waals surface area contributed by atoms with E-state index in [9.17, 15) is 4.79 Å². The smallest absolute Gasteiger partial charge is 0.275 e. The minimum atomic E-state index is -0.227. The van der Waals surface area contributed by atoms with Gasteiger partial charge < -0.3 is 14.8 Å². The molecule has 0 aliphatic carbocycles. The number of nitrogens with zero attached hydrogens (tertiary/aromatic N) is 1. The summed E-state index contributed by atoms with van der Waals surface area (Å²) in [7, 11) is 3.17. The first-order valence-electron chi connectivity index (χ1n) is 8.45. The van der Waals surface area contributed by atoms with E-state index in [-0.39, 0.29) is 5.91 Å². The molecule has 5 heteroatoms. The predicted octanol–water partition coefficient (Wildman–Crippen LogP) is 3.74. The number of methoxy groups -OCH3 is 2. The number of amides is 1. The highest BCUT2D eigenvalue weighted by Gasteiger charge is 2.22. The highest BCUT2D eigenvalue weighted by atomic mass is 16.5. The van der Waals surface area contributed by atoms with Crippen molar-refractivity contribution in [1.82, 2.24) is 5.32 Å². The second-order valence-corrected chi connectivity index (χ2v) is 6.37. The van der Waals surface area contributed by atoms with Crippen molar-refractivity contribution in [3.05, 3.63) is 64.9 Å². The number of carbonyl (C=O) groups excluding carboxylic acids is 1. The van der Waals surface area contributed by atoms with Crippen LogP contribution in [0.5, 0.6) is 11.5 Å². The molecular formula is C21H22N2O3. The Morgan fingerprint density at radius 1 is 1.00 bits per heavy atom. The summed E-state index contributed by atoms with van der Waals surface area (Å²) in [5, 5.41) is 2.80. The Morgan fingerprint density at radius 3 is 2.15 bits per heavy atom. The summed E-state index contributed by atoms with van der Waals surface area (Å²) in [6.07, 6.45) is 1.78. The van der Waals surface area contributed by atoms with Gasteiger partial charge in [0.2, 0.25) is 0 Å². The van der Waals surface area contributed by atoms with Gasteiger partial charge >= 0.3 is 0 Å². The largest absolute Gasteiger partial charge is 0.497 e. The lowest BCUT2D eigenvalue weighted by Gasteiger charge is -2.08. The zero-order valence-electron chi connectivity index (χ0n) is 15.4. The average Bonchev–Trinajstić information content (AvgIpc) is 3.02. The molecule has 0 radical (unpaired) electrons. The number of aliphatic imine (C=N–C) groups is 1. The van der Waals surface area contributed by atoms with Crippen molar-refractivity contribution in [2.75, 3.05) is 14.2 Å². The third-order valence-electron chi connectivity index (χ3n) is 4.23. The first kappa shape index (κ1) is 17.7. The number of hydrogen-bond acceptors (Lipinski definition) is 4. The van der Waals surface area contributed by atoms with E-state index < -0.39 is 0 Å². The highest BCUT2D eigenvalue weighted by Crippen LogP contribution is 2.25. The quantitative estimate of drug-likeness (QED) is 0.836. The first-order valence-corrected chi connectivity index (χ1v) is 8.45. The summed E-state index contributed by atoms with van der Waals surface area (Å²) >= 11 is 0. The Balaban J connectivity index is 1.91. The van der Waals surface area contributed by atoms with E-state index in [1.807, 2.05) is 24.3 Å². The summed E-state index contributed by atoms with van der Waals surface area (Å²) in [4.78, 5) is 16.7. The van der Waals surface area contributed by atoms with Crippen LogP contribution >= 0.6 is 0 Å². The fourth-order valence-electron chi connectivity index (χ4n) is 2.68. The standard InChI is InChI=1S/C21H22N2O3/c1-13(2)15-7-5-14(6-8-15)9-19-21(24)23-20(22-19)16-10-17(25-3)12-18(11-16)26-4/h5-13H,1-4H3,(H,22,23,24)/b19-9+. The zero-order valence-corrected chi connectivity index (χ0v) is 15.4. The maximum absolute atomic E-state index is 12.3. The molecule has 0 saturated carbocycles. The van der Waals surface area contributed by atoms with E-state index in [0.29, 0.717) is 28.9 Å². The van der Waals surface area contributed by atoms with Gasteiger partial charge in [0.15, 0.2) is 0 Å². The third-order valence-corrected chi connectivity index (χ3v) is 4.23. The number of hydrogen-bond donors (Lipinski definition) is 1. The molecule has 1 aliphatic heterocycles. The van der Waals surface area contributed by atoms with Gasteiger partial charge in [-0.1, -0.05) is 38.1 Å². The summed E-state index contributed by atoms with van der Waals surface area (Å²) in [5.41, 5.74) is 3.30. The molecule has 2 aromatic carbocycles. The fourth-order valence-corrected chi connectivity index (χ4v) is 2.68. The van der Waals surface area contributed by atoms with E-state index in [1.54, 1.807) is 26.4 Å². The van der Waals surface area contributed by atoms with Crippen LogP contribution in [0.25, 0.3) is 6.08 Å². The molecular weight excluding hydrogens is 328 g/mol. The average molecular weight is 350 g/mol. The summed E-state index contributed by atoms with van der Waals surface area (Å²) in [6, 6.07) is 13.5. The monoisotopic (exact) mass is 350 g/mol. The van der Waals surface area contributed by atoms with Gasteiger partial charge in [0.05, 0.1) is 14.2 Å². The van der Waals surface area contributed by atoms with Crippen LogP contribution in [0.2, 0.25) is 0 Å².